The van der Waals surface area contributed by atoms with Crippen molar-refractivity contribution in [1.82, 2.24) is 5.32 Å². The van der Waals surface area contributed by atoms with Gasteiger partial charge in [0.2, 0.25) is 5.91 Å². The Kier molecular flexibility index (Phi) is 6.67. The molecule has 3 N–H and O–H groups in total. The number of nitrogens with one attached hydrogen (secondary N) is 1. The summed E-state index contributed by atoms with van der Waals surface area (Å²) in [6.45, 7) is 4.46. The van der Waals surface area contributed by atoms with Gasteiger partial charge in [0.15, 0.2) is 5.54 Å². The van der Waals surface area contributed by atoms with Gasteiger partial charge in [0.05, 0.1) is 0 Å². The molecule has 0 aromatic carbocycles. The van der Waals surface area contributed by atoms with Crippen LogP contribution in [0.1, 0.15) is 52.9 Å². The van der Waals surface area contributed by atoms with Crippen molar-refractivity contribution in [3.8, 4) is 0 Å². The molecular weight excluding hydrogens is 245 g/mol. The molecule has 0 aromatic heterocycles. The number of alkyl halides is 3. The molecule has 0 aliphatic heterocycles. The van der Waals surface area contributed by atoms with Gasteiger partial charge >= 0.3 is 6.18 Å². The minimum absolute atomic E-state index is 0.292. The van der Waals surface area contributed by atoms with Crippen molar-refractivity contribution in [2.24, 2.45) is 5.73 Å². The Morgan fingerprint density at radius 1 is 1.28 bits per heavy atom. The molecule has 0 aliphatic rings. The molecule has 108 valence electrons. The van der Waals surface area contributed by atoms with Crippen LogP contribution in [0.2, 0.25) is 0 Å². The predicted octanol–water partition coefficient (Wildman–Crippen LogP) is 2.74. The summed E-state index contributed by atoms with van der Waals surface area (Å²) in [6, 6.07) is -0.292. The van der Waals surface area contributed by atoms with Crippen LogP contribution in [0, 0.1) is 0 Å². The van der Waals surface area contributed by atoms with E-state index in [2.05, 4.69) is 12.2 Å². The highest BCUT2D eigenvalue weighted by atomic mass is 19.4. The van der Waals surface area contributed by atoms with Gasteiger partial charge in [0, 0.05) is 6.04 Å². The number of hydrogen-bond acceptors (Lipinski definition) is 2. The SMILES string of the molecule is CCCCCCC(C)NC(=O)C(C)(N)C(F)(F)F. The van der Waals surface area contributed by atoms with Gasteiger partial charge in [-0.3, -0.25) is 4.79 Å². The maximum Gasteiger partial charge on any atom is 0.415 e. The Balaban J connectivity index is 4.15. The molecular formula is C12H23F3N2O. The summed E-state index contributed by atoms with van der Waals surface area (Å²) < 4.78 is 37.5. The van der Waals surface area contributed by atoms with Gasteiger partial charge in [0.25, 0.3) is 0 Å². The first-order valence-electron chi connectivity index (χ1n) is 6.29. The monoisotopic (exact) mass is 268 g/mol. The van der Waals surface area contributed by atoms with Crippen molar-refractivity contribution in [2.45, 2.75) is 70.6 Å². The van der Waals surface area contributed by atoms with E-state index >= 15 is 0 Å². The molecule has 0 aromatic rings. The van der Waals surface area contributed by atoms with Crippen LogP contribution in [-0.2, 0) is 4.79 Å². The topological polar surface area (TPSA) is 55.1 Å². The highest BCUT2D eigenvalue weighted by molar-refractivity contribution is 5.86. The molecule has 0 spiro atoms. The summed E-state index contributed by atoms with van der Waals surface area (Å²) in [5.41, 5.74) is 2.20. The third-order valence-corrected chi connectivity index (χ3v) is 2.93. The van der Waals surface area contributed by atoms with E-state index in [0.717, 1.165) is 25.7 Å². The Bertz CT molecular complexity index is 265. The zero-order valence-electron chi connectivity index (χ0n) is 11.2. The number of carbonyl (C=O) groups is 1. The van der Waals surface area contributed by atoms with Crippen LogP contribution in [-0.4, -0.2) is 23.7 Å². The summed E-state index contributed by atoms with van der Waals surface area (Å²) in [5.74, 6) is -1.17. The molecule has 0 aliphatic carbocycles. The maximum atomic E-state index is 12.5. The highest BCUT2D eigenvalue weighted by Crippen LogP contribution is 2.28. The lowest BCUT2D eigenvalue weighted by molar-refractivity contribution is -0.187. The number of carbonyl (C=O) groups excluding carboxylic acids is 1. The van der Waals surface area contributed by atoms with Crippen LogP contribution in [0.4, 0.5) is 13.2 Å². The fraction of sp³-hybridized carbons (Fsp3) is 0.917. The molecule has 0 heterocycles. The van der Waals surface area contributed by atoms with Gasteiger partial charge in [0.1, 0.15) is 0 Å². The second-order valence-corrected chi connectivity index (χ2v) is 4.92. The average molecular weight is 268 g/mol. The van der Waals surface area contributed by atoms with Crippen molar-refractivity contribution in [2.75, 3.05) is 0 Å². The van der Waals surface area contributed by atoms with Crippen molar-refractivity contribution in [1.29, 1.82) is 0 Å². The minimum atomic E-state index is -4.74. The van der Waals surface area contributed by atoms with Crippen molar-refractivity contribution < 1.29 is 18.0 Å². The fourth-order valence-corrected chi connectivity index (χ4v) is 1.45. The average Bonchev–Trinajstić information content (AvgIpc) is 2.22. The standard InChI is InChI=1S/C12H23F3N2O/c1-4-5-6-7-8-9(2)17-10(18)11(3,16)12(13,14)15/h9H,4-8,16H2,1-3H3,(H,17,18). The van der Waals surface area contributed by atoms with E-state index in [1.807, 2.05) is 0 Å². The number of halogens is 3. The molecule has 0 rings (SSSR count). The number of amides is 1. The van der Waals surface area contributed by atoms with Gasteiger partial charge in [-0.1, -0.05) is 32.6 Å². The Morgan fingerprint density at radius 2 is 1.83 bits per heavy atom. The summed E-state index contributed by atoms with van der Waals surface area (Å²) >= 11 is 0. The Hall–Kier alpha value is -0.780. The maximum absolute atomic E-state index is 12.5. The van der Waals surface area contributed by atoms with Crippen LogP contribution >= 0.6 is 0 Å². The third-order valence-electron chi connectivity index (χ3n) is 2.93. The van der Waals surface area contributed by atoms with Gasteiger partial charge < -0.3 is 11.1 Å². The molecule has 2 atom stereocenters. The van der Waals surface area contributed by atoms with E-state index in [1.165, 1.54) is 0 Å². The van der Waals surface area contributed by atoms with Gasteiger partial charge in [-0.05, 0) is 20.3 Å². The van der Waals surface area contributed by atoms with Crippen LogP contribution < -0.4 is 11.1 Å². The largest absolute Gasteiger partial charge is 0.415 e. The Morgan fingerprint density at radius 3 is 2.28 bits per heavy atom. The van der Waals surface area contributed by atoms with E-state index in [1.54, 1.807) is 6.92 Å². The number of unbranched alkanes of at least 4 members (excludes halogenated alkanes) is 3. The minimum Gasteiger partial charge on any atom is -0.352 e. The molecule has 0 radical (unpaired) electrons. The van der Waals surface area contributed by atoms with Crippen LogP contribution in [0.15, 0.2) is 0 Å². The lowest BCUT2D eigenvalue weighted by Crippen LogP contribution is -2.62. The van der Waals surface area contributed by atoms with E-state index < -0.39 is 17.6 Å². The highest BCUT2D eigenvalue weighted by Gasteiger charge is 2.54. The molecule has 2 unspecified atom stereocenters. The molecule has 18 heavy (non-hydrogen) atoms. The normalized spacial score (nSPS) is 17.1. The Labute approximate surface area is 106 Å². The first kappa shape index (κ1) is 17.2. The van der Waals surface area contributed by atoms with E-state index in [-0.39, 0.29) is 6.04 Å². The van der Waals surface area contributed by atoms with Crippen molar-refractivity contribution >= 4 is 5.91 Å². The summed E-state index contributed by atoms with van der Waals surface area (Å²) in [6.07, 6.45) is 0.0324. The molecule has 0 saturated carbocycles. The molecule has 3 nitrogen and oxygen atoms in total. The number of rotatable bonds is 7. The van der Waals surface area contributed by atoms with Gasteiger partial charge in [-0.2, -0.15) is 13.2 Å². The summed E-state index contributed by atoms with van der Waals surface area (Å²) in [7, 11) is 0. The van der Waals surface area contributed by atoms with E-state index in [0.29, 0.717) is 13.3 Å². The quantitative estimate of drug-likeness (QED) is 0.697. The second-order valence-electron chi connectivity index (χ2n) is 4.92. The molecule has 0 fully saturated rings. The molecule has 6 heteroatoms. The van der Waals surface area contributed by atoms with Crippen molar-refractivity contribution in [3.05, 3.63) is 0 Å². The summed E-state index contributed by atoms with van der Waals surface area (Å²) in [4.78, 5) is 11.5. The predicted molar refractivity (Wildman–Crippen MR) is 65.0 cm³/mol. The van der Waals surface area contributed by atoms with Crippen LogP contribution in [0.5, 0.6) is 0 Å². The van der Waals surface area contributed by atoms with E-state index in [9.17, 15) is 18.0 Å². The number of nitrogens with two attached hydrogens (primary N) is 1. The molecule has 0 saturated heterocycles. The molecule has 0 bridgehead atoms. The lowest BCUT2D eigenvalue weighted by atomic mass is 10.0. The lowest BCUT2D eigenvalue weighted by Gasteiger charge is -2.28. The van der Waals surface area contributed by atoms with Crippen LogP contribution in [0.25, 0.3) is 0 Å². The molecule has 1 amide bonds. The van der Waals surface area contributed by atoms with Gasteiger partial charge in [-0.25, -0.2) is 0 Å². The zero-order chi connectivity index (χ0) is 14.4. The summed E-state index contributed by atoms with van der Waals surface area (Å²) in [5, 5.41) is 2.32. The van der Waals surface area contributed by atoms with Crippen molar-refractivity contribution in [3.63, 3.8) is 0 Å². The fourth-order valence-electron chi connectivity index (χ4n) is 1.45. The smallest absolute Gasteiger partial charge is 0.352 e. The number of hydrogen-bond donors (Lipinski definition) is 2. The third kappa shape index (κ3) is 5.25. The van der Waals surface area contributed by atoms with Gasteiger partial charge in [-0.15, -0.1) is 0 Å². The van der Waals surface area contributed by atoms with Crippen LogP contribution in [0.3, 0.4) is 0 Å². The zero-order valence-corrected chi connectivity index (χ0v) is 11.2. The first-order chi connectivity index (χ1) is 8.13. The van der Waals surface area contributed by atoms with E-state index in [4.69, 9.17) is 5.73 Å². The first-order valence-corrected chi connectivity index (χ1v) is 6.29. The second kappa shape index (κ2) is 6.97.